The van der Waals surface area contributed by atoms with Gasteiger partial charge in [-0.15, -0.1) is 11.3 Å². The molecule has 2 aromatic heterocycles. The SMILES string of the molecule is CC[C@]1(C(=O)NCCc2cn[nH]n2)C[C@H]2CC[C@@H]1N2C(=O)c1csc(C)n1. The molecule has 0 spiro atoms. The molecule has 4 heterocycles. The van der Waals surface area contributed by atoms with Crippen molar-refractivity contribution in [3.8, 4) is 0 Å². The normalized spacial score (nSPS) is 26.5. The zero-order valence-corrected chi connectivity index (χ0v) is 16.4. The summed E-state index contributed by atoms with van der Waals surface area (Å²) in [5.74, 6) is 0.0190. The van der Waals surface area contributed by atoms with Gasteiger partial charge in [0.1, 0.15) is 5.69 Å². The summed E-state index contributed by atoms with van der Waals surface area (Å²) < 4.78 is 0. The molecule has 9 heteroatoms. The van der Waals surface area contributed by atoms with Crippen LogP contribution in [0.25, 0.3) is 0 Å². The van der Waals surface area contributed by atoms with E-state index in [0.717, 1.165) is 36.4 Å². The number of hydrogen-bond acceptors (Lipinski definition) is 6. The van der Waals surface area contributed by atoms with Crippen LogP contribution in [0.1, 0.15) is 53.8 Å². The van der Waals surface area contributed by atoms with Gasteiger partial charge in [-0.1, -0.05) is 6.92 Å². The van der Waals surface area contributed by atoms with E-state index < -0.39 is 5.41 Å². The number of thiazole rings is 1. The molecule has 0 saturated carbocycles. The third-order valence-electron chi connectivity index (χ3n) is 6.03. The molecule has 2 fully saturated rings. The van der Waals surface area contributed by atoms with Gasteiger partial charge in [-0.3, -0.25) is 9.59 Å². The summed E-state index contributed by atoms with van der Waals surface area (Å²) in [6, 6.07) is 0.0832. The predicted molar refractivity (Wildman–Crippen MR) is 100 cm³/mol. The zero-order valence-electron chi connectivity index (χ0n) is 15.6. The second kappa shape index (κ2) is 7.03. The van der Waals surface area contributed by atoms with Crippen molar-refractivity contribution in [2.45, 2.75) is 58.0 Å². The van der Waals surface area contributed by atoms with Gasteiger partial charge in [-0.2, -0.15) is 15.4 Å². The molecule has 2 amide bonds. The number of nitrogens with one attached hydrogen (secondary N) is 2. The Morgan fingerprint density at radius 1 is 1.44 bits per heavy atom. The van der Waals surface area contributed by atoms with E-state index in [1.165, 1.54) is 11.3 Å². The summed E-state index contributed by atoms with van der Waals surface area (Å²) in [6.07, 6.45) is 5.60. The Morgan fingerprint density at radius 3 is 2.96 bits per heavy atom. The van der Waals surface area contributed by atoms with E-state index in [2.05, 4.69) is 25.7 Å². The minimum absolute atomic E-state index is 0.0300. The van der Waals surface area contributed by atoms with E-state index in [1.807, 2.05) is 24.1 Å². The fraction of sp³-hybridized carbons (Fsp3) is 0.611. The zero-order chi connectivity index (χ0) is 19.0. The first-order valence-corrected chi connectivity index (χ1v) is 10.3. The first-order valence-electron chi connectivity index (χ1n) is 9.43. The summed E-state index contributed by atoms with van der Waals surface area (Å²) in [5, 5.41) is 16.1. The van der Waals surface area contributed by atoms with Gasteiger partial charge < -0.3 is 10.2 Å². The number of amides is 2. The average Bonchev–Trinajstić information content (AvgIpc) is 3.44. The van der Waals surface area contributed by atoms with Gasteiger partial charge >= 0.3 is 0 Å². The Morgan fingerprint density at radius 2 is 2.30 bits per heavy atom. The van der Waals surface area contributed by atoms with Gasteiger partial charge in [-0.05, 0) is 32.6 Å². The van der Waals surface area contributed by atoms with Gasteiger partial charge in [0.15, 0.2) is 0 Å². The minimum Gasteiger partial charge on any atom is -0.355 e. The van der Waals surface area contributed by atoms with Crippen LogP contribution in [0.2, 0.25) is 0 Å². The lowest BCUT2D eigenvalue weighted by atomic mass is 9.71. The lowest BCUT2D eigenvalue weighted by Gasteiger charge is -2.35. The Bertz CT molecular complexity index is 835. The molecule has 0 aliphatic carbocycles. The summed E-state index contributed by atoms with van der Waals surface area (Å²) in [5.41, 5.74) is 0.824. The van der Waals surface area contributed by atoms with Crippen molar-refractivity contribution in [1.29, 1.82) is 0 Å². The monoisotopic (exact) mass is 388 g/mol. The number of aromatic nitrogens is 4. The number of carbonyl (C=O) groups excluding carboxylic acids is 2. The van der Waals surface area contributed by atoms with Crippen LogP contribution >= 0.6 is 11.3 Å². The highest BCUT2D eigenvalue weighted by molar-refractivity contribution is 7.09. The largest absolute Gasteiger partial charge is 0.355 e. The molecule has 2 N–H and O–H groups in total. The van der Waals surface area contributed by atoms with Crippen molar-refractivity contribution in [2.24, 2.45) is 5.41 Å². The third kappa shape index (κ3) is 3.03. The van der Waals surface area contributed by atoms with E-state index in [-0.39, 0.29) is 23.9 Å². The number of carbonyl (C=O) groups is 2. The van der Waals surface area contributed by atoms with Crippen LogP contribution in [0.3, 0.4) is 0 Å². The van der Waals surface area contributed by atoms with Crippen molar-refractivity contribution in [1.82, 2.24) is 30.6 Å². The van der Waals surface area contributed by atoms with Crippen LogP contribution in [-0.4, -0.2) is 55.7 Å². The van der Waals surface area contributed by atoms with Crippen LogP contribution < -0.4 is 5.32 Å². The molecule has 144 valence electrons. The number of aryl methyl sites for hydroxylation is 1. The fourth-order valence-corrected chi connectivity index (χ4v) is 5.28. The lowest BCUT2D eigenvalue weighted by Crippen LogP contribution is -2.50. The number of fused-ring (bicyclic) bond motifs is 2. The molecule has 0 aromatic carbocycles. The average molecular weight is 388 g/mol. The van der Waals surface area contributed by atoms with E-state index >= 15 is 0 Å². The van der Waals surface area contributed by atoms with Crippen molar-refractivity contribution >= 4 is 23.2 Å². The molecule has 4 rings (SSSR count). The van der Waals surface area contributed by atoms with Crippen molar-refractivity contribution in [2.75, 3.05) is 6.54 Å². The third-order valence-corrected chi connectivity index (χ3v) is 6.80. The van der Waals surface area contributed by atoms with E-state index in [4.69, 9.17) is 0 Å². The smallest absolute Gasteiger partial charge is 0.273 e. The molecule has 2 aliphatic heterocycles. The number of H-pyrrole nitrogens is 1. The van der Waals surface area contributed by atoms with E-state index in [9.17, 15) is 9.59 Å². The maximum Gasteiger partial charge on any atom is 0.273 e. The highest BCUT2D eigenvalue weighted by Gasteiger charge is 2.60. The molecule has 8 nitrogen and oxygen atoms in total. The summed E-state index contributed by atoms with van der Waals surface area (Å²) in [4.78, 5) is 32.5. The van der Waals surface area contributed by atoms with Crippen LogP contribution in [0.4, 0.5) is 0 Å². The van der Waals surface area contributed by atoms with Crippen LogP contribution in [0, 0.1) is 12.3 Å². The topological polar surface area (TPSA) is 104 Å². The Kier molecular flexibility index (Phi) is 4.71. The molecule has 2 aliphatic rings. The maximum atomic E-state index is 13.1. The van der Waals surface area contributed by atoms with Gasteiger partial charge in [-0.25, -0.2) is 4.98 Å². The van der Waals surface area contributed by atoms with Crippen LogP contribution in [-0.2, 0) is 11.2 Å². The quantitative estimate of drug-likeness (QED) is 0.784. The van der Waals surface area contributed by atoms with Crippen LogP contribution in [0.15, 0.2) is 11.6 Å². The highest BCUT2D eigenvalue weighted by Crippen LogP contribution is 2.52. The molecular formula is C18H24N6O2S. The summed E-state index contributed by atoms with van der Waals surface area (Å²) in [6.45, 7) is 4.47. The van der Waals surface area contributed by atoms with Crippen molar-refractivity contribution < 1.29 is 9.59 Å². The summed E-state index contributed by atoms with van der Waals surface area (Å²) in [7, 11) is 0. The van der Waals surface area contributed by atoms with Crippen molar-refractivity contribution in [3.05, 3.63) is 28.0 Å². The van der Waals surface area contributed by atoms with Gasteiger partial charge in [0.2, 0.25) is 5.91 Å². The number of aromatic amines is 1. The molecule has 2 bridgehead atoms. The molecule has 3 atom stereocenters. The molecule has 27 heavy (non-hydrogen) atoms. The minimum atomic E-state index is -0.506. The van der Waals surface area contributed by atoms with Gasteiger partial charge in [0, 0.05) is 30.4 Å². The highest BCUT2D eigenvalue weighted by atomic mass is 32.1. The van der Waals surface area contributed by atoms with Crippen molar-refractivity contribution in [3.63, 3.8) is 0 Å². The number of hydrogen-bond donors (Lipinski definition) is 2. The predicted octanol–water partition coefficient (Wildman–Crippen LogP) is 1.70. The Labute approximate surface area is 161 Å². The Hall–Kier alpha value is -2.29. The van der Waals surface area contributed by atoms with E-state index in [1.54, 1.807) is 6.20 Å². The van der Waals surface area contributed by atoms with Gasteiger partial charge in [0.25, 0.3) is 5.91 Å². The number of rotatable bonds is 6. The van der Waals surface area contributed by atoms with E-state index in [0.29, 0.717) is 18.7 Å². The Balaban J connectivity index is 1.48. The first-order chi connectivity index (χ1) is 13.0. The maximum absolute atomic E-state index is 13.1. The fourth-order valence-electron chi connectivity index (χ4n) is 4.69. The molecular weight excluding hydrogens is 364 g/mol. The second-order valence-corrected chi connectivity index (χ2v) is 8.45. The standard InChI is InChI=1S/C18H24N6O2S/c1-3-18(17(26)19-7-6-12-9-20-23-22-12)8-13-4-5-15(18)24(13)16(25)14-10-27-11(2)21-14/h9-10,13,15H,3-8H2,1-2H3,(H,19,26)(H,20,22,23)/t13-,15+,18+/m1/s1. The number of nitrogens with zero attached hydrogens (tertiary/aromatic N) is 4. The molecule has 2 saturated heterocycles. The second-order valence-electron chi connectivity index (χ2n) is 7.39. The molecule has 0 radical (unpaired) electrons. The first kappa shape index (κ1) is 18.1. The van der Waals surface area contributed by atoms with Gasteiger partial charge in [0.05, 0.1) is 22.3 Å². The molecule has 2 aromatic rings. The van der Waals surface area contributed by atoms with Crippen LogP contribution in [0.5, 0.6) is 0 Å². The molecule has 0 unspecified atom stereocenters. The lowest BCUT2D eigenvalue weighted by molar-refractivity contribution is -0.132. The summed E-state index contributed by atoms with van der Waals surface area (Å²) >= 11 is 1.48.